The van der Waals surface area contributed by atoms with Crippen LogP contribution in [0.1, 0.15) is 0 Å². The summed E-state index contributed by atoms with van der Waals surface area (Å²) >= 11 is 1.83. The fraction of sp³-hybridized carbons (Fsp3) is 0. The predicted molar refractivity (Wildman–Crippen MR) is 278 cm³/mol. The smallest absolute Gasteiger partial charge is 0.160 e. The third-order valence-electron chi connectivity index (χ3n) is 13.1. The highest BCUT2D eigenvalue weighted by atomic mass is 32.1. The molecule has 13 rings (SSSR count). The van der Waals surface area contributed by atoms with Crippen LogP contribution >= 0.6 is 11.3 Å². The molecule has 0 N–H and O–H groups in total. The zero-order valence-corrected chi connectivity index (χ0v) is 36.1. The van der Waals surface area contributed by atoms with Gasteiger partial charge in [0.25, 0.3) is 0 Å². The molecule has 65 heavy (non-hydrogen) atoms. The molecule has 0 saturated heterocycles. The largest absolute Gasteiger partial charge is 0.228 e. The fourth-order valence-electron chi connectivity index (χ4n) is 9.98. The van der Waals surface area contributed by atoms with E-state index in [2.05, 4.69) is 212 Å². The first-order chi connectivity index (χ1) is 32.2. The minimum absolute atomic E-state index is 0.718. The van der Waals surface area contributed by atoms with E-state index >= 15 is 0 Å². The Labute approximate surface area is 380 Å². The minimum Gasteiger partial charge on any atom is -0.228 e. The Balaban J connectivity index is 0.898. The molecule has 0 aliphatic rings. The zero-order valence-electron chi connectivity index (χ0n) is 35.2. The van der Waals surface area contributed by atoms with Crippen LogP contribution in [-0.4, -0.2) is 9.97 Å². The monoisotopic (exact) mass is 842 g/mol. The highest BCUT2D eigenvalue weighted by Crippen LogP contribution is 2.47. The van der Waals surface area contributed by atoms with Crippen molar-refractivity contribution >= 4 is 74.6 Å². The number of fused-ring (bicyclic) bond motifs is 8. The predicted octanol–water partition coefficient (Wildman–Crippen LogP) is 17.5. The van der Waals surface area contributed by atoms with Crippen molar-refractivity contribution < 1.29 is 0 Å². The minimum atomic E-state index is 0.718. The molecule has 2 aromatic heterocycles. The van der Waals surface area contributed by atoms with Crippen LogP contribution in [0.3, 0.4) is 0 Å². The van der Waals surface area contributed by atoms with Gasteiger partial charge in [-0.1, -0.05) is 206 Å². The van der Waals surface area contributed by atoms with Crippen molar-refractivity contribution in [1.29, 1.82) is 0 Å². The lowest BCUT2D eigenvalue weighted by molar-refractivity contribution is 1.19. The van der Waals surface area contributed by atoms with Crippen LogP contribution in [0.4, 0.5) is 0 Å². The standard InChI is InChI=1S/C62H38N2S/c1-3-15-42(16-4-1)58-50-21-9-10-22-51(50)59(60-48-19-8-7-14-40(48)34-35-54(58)60)47-33-32-45-36-44(30-31-46(45)37-47)39-26-28-41(29-27-39)55-38-56(64-62(63-55)43-17-5-2-6-18-43)53-24-13-23-52-49-20-11-12-25-57(49)65-61(52)53/h1-38H. The van der Waals surface area contributed by atoms with Crippen LogP contribution in [0.15, 0.2) is 231 Å². The van der Waals surface area contributed by atoms with E-state index in [1.54, 1.807) is 0 Å². The van der Waals surface area contributed by atoms with Gasteiger partial charge in [-0.3, -0.25) is 0 Å². The maximum absolute atomic E-state index is 5.19. The summed E-state index contributed by atoms with van der Waals surface area (Å²) in [5.74, 6) is 0.718. The summed E-state index contributed by atoms with van der Waals surface area (Å²) in [5.41, 5.74) is 12.3. The maximum atomic E-state index is 5.19. The second kappa shape index (κ2) is 15.2. The van der Waals surface area contributed by atoms with Gasteiger partial charge in [0, 0.05) is 36.9 Å². The highest BCUT2D eigenvalue weighted by Gasteiger charge is 2.20. The van der Waals surface area contributed by atoms with Gasteiger partial charge in [-0.25, -0.2) is 9.97 Å². The van der Waals surface area contributed by atoms with E-state index in [4.69, 9.17) is 9.97 Å². The van der Waals surface area contributed by atoms with E-state index in [-0.39, 0.29) is 0 Å². The number of hydrogen-bond donors (Lipinski definition) is 0. The van der Waals surface area contributed by atoms with Gasteiger partial charge in [-0.15, -0.1) is 11.3 Å². The summed E-state index contributed by atoms with van der Waals surface area (Å²) in [6.07, 6.45) is 0. The van der Waals surface area contributed by atoms with Crippen LogP contribution < -0.4 is 0 Å². The number of aromatic nitrogens is 2. The molecule has 0 aliphatic carbocycles. The average molecular weight is 843 g/mol. The quantitative estimate of drug-likeness (QED) is 0.123. The number of benzene rings is 11. The molecular formula is C62H38N2S. The fourth-order valence-corrected chi connectivity index (χ4v) is 11.2. The normalized spacial score (nSPS) is 11.7. The Morgan fingerprint density at radius 2 is 0.862 bits per heavy atom. The number of hydrogen-bond acceptors (Lipinski definition) is 3. The number of rotatable bonds is 6. The first kappa shape index (κ1) is 37.3. The van der Waals surface area contributed by atoms with Gasteiger partial charge < -0.3 is 0 Å². The maximum Gasteiger partial charge on any atom is 0.160 e. The van der Waals surface area contributed by atoms with Gasteiger partial charge >= 0.3 is 0 Å². The molecule has 3 heteroatoms. The van der Waals surface area contributed by atoms with Gasteiger partial charge in [0.05, 0.1) is 11.4 Å². The van der Waals surface area contributed by atoms with E-state index in [9.17, 15) is 0 Å². The summed E-state index contributed by atoms with van der Waals surface area (Å²) in [7, 11) is 0. The van der Waals surface area contributed by atoms with Gasteiger partial charge in [0.2, 0.25) is 0 Å². The van der Waals surface area contributed by atoms with Crippen LogP contribution in [0.25, 0.3) is 131 Å². The summed E-state index contributed by atoms with van der Waals surface area (Å²) in [6.45, 7) is 0. The van der Waals surface area contributed by atoms with Crippen molar-refractivity contribution in [2.45, 2.75) is 0 Å². The van der Waals surface area contributed by atoms with Crippen LogP contribution in [0.5, 0.6) is 0 Å². The van der Waals surface area contributed by atoms with Gasteiger partial charge in [-0.2, -0.15) is 0 Å². The number of thiophene rings is 1. The lowest BCUT2D eigenvalue weighted by Crippen LogP contribution is -1.96. The molecule has 0 atom stereocenters. The summed E-state index contributed by atoms with van der Waals surface area (Å²) < 4.78 is 2.52. The molecule has 0 unspecified atom stereocenters. The Kier molecular flexibility index (Phi) is 8.75. The Morgan fingerprint density at radius 1 is 0.292 bits per heavy atom. The van der Waals surface area contributed by atoms with Crippen LogP contribution in [0.2, 0.25) is 0 Å². The van der Waals surface area contributed by atoms with E-state index in [0.717, 1.165) is 39.5 Å². The molecule has 11 aromatic carbocycles. The highest BCUT2D eigenvalue weighted by molar-refractivity contribution is 7.26. The summed E-state index contributed by atoms with van der Waals surface area (Å²) in [6, 6.07) is 83.5. The van der Waals surface area contributed by atoms with Crippen molar-refractivity contribution in [3.05, 3.63) is 231 Å². The molecule has 2 heterocycles. The third-order valence-corrected chi connectivity index (χ3v) is 14.3. The molecular weight excluding hydrogens is 805 g/mol. The third kappa shape index (κ3) is 6.31. The lowest BCUT2D eigenvalue weighted by atomic mass is 9.83. The molecule has 0 fully saturated rings. The molecule has 2 nitrogen and oxygen atoms in total. The molecule has 0 spiro atoms. The second-order valence-corrected chi connectivity index (χ2v) is 17.9. The molecule has 0 bridgehead atoms. The lowest BCUT2D eigenvalue weighted by Gasteiger charge is -2.19. The van der Waals surface area contributed by atoms with Gasteiger partial charge in [-0.05, 0) is 101 Å². The molecule has 302 valence electrons. The van der Waals surface area contributed by atoms with Crippen molar-refractivity contribution in [3.63, 3.8) is 0 Å². The Morgan fingerprint density at radius 3 is 1.65 bits per heavy atom. The zero-order chi connectivity index (χ0) is 42.8. The molecule has 0 aliphatic heterocycles. The Hall–Kier alpha value is -8.24. The first-order valence-corrected chi connectivity index (χ1v) is 23.0. The molecule has 13 aromatic rings. The summed E-state index contributed by atoms with van der Waals surface area (Å²) in [5, 5.41) is 12.6. The van der Waals surface area contributed by atoms with E-state index in [0.29, 0.717) is 0 Å². The van der Waals surface area contributed by atoms with E-state index in [1.165, 1.54) is 91.1 Å². The Bertz CT molecular complexity index is 3980. The van der Waals surface area contributed by atoms with E-state index < -0.39 is 0 Å². The molecule has 0 saturated carbocycles. The van der Waals surface area contributed by atoms with Crippen molar-refractivity contribution in [2.75, 3.05) is 0 Å². The second-order valence-electron chi connectivity index (χ2n) is 16.8. The van der Waals surface area contributed by atoms with Crippen LogP contribution in [0, 0.1) is 0 Å². The first-order valence-electron chi connectivity index (χ1n) is 22.1. The van der Waals surface area contributed by atoms with Gasteiger partial charge in [0.15, 0.2) is 5.82 Å². The number of nitrogens with zero attached hydrogens (tertiary/aromatic N) is 2. The molecule has 0 radical (unpaired) electrons. The average Bonchev–Trinajstić information content (AvgIpc) is 3.77. The van der Waals surface area contributed by atoms with Crippen LogP contribution in [-0.2, 0) is 0 Å². The topological polar surface area (TPSA) is 25.8 Å². The SMILES string of the molecule is c1ccc(-c2nc(-c3ccc(-c4ccc5cc(-c6c7ccccc7c(-c7ccccc7)c7ccc8ccccc8c67)ccc5c4)cc3)cc(-c3cccc4c3sc3ccccc34)n2)cc1. The van der Waals surface area contributed by atoms with E-state index in [1.807, 2.05) is 29.5 Å². The summed E-state index contributed by atoms with van der Waals surface area (Å²) in [4.78, 5) is 10.4. The van der Waals surface area contributed by atoms with Crippen molar-refractivity contribution in [2.24, 2.45) is 0 Å². The van der Waals surface area contributed by atoms with Crippen molar-refractivity contribution in [3.8, 4) is 67.3 Å². The van der Waals surface area contributed by atoms with Gasteiger partial charge in [0.1, 0.15) is 0 Å². The molecule has 0 amide bonds. The van der Waals surface area contributed by atoms with Crippen molar-refractivity contribution in [1.82, 2.24) is 9.97 Å².